The van der Waals surface area contributed by atoms with Crippen molar-refractivity contribution in [3.05, 3.63) is 89.0 Å². The molecule has 3 rings (SSSR count). The Morgan fingerprint density at radius 1 is 0.622 bits per heavy atom. The lowest BCUT2D eigenvalue weighted by Gasteiger charge is -2.27. The lowest BCUT2D eigenvalue weighted by molar-refractivity contribution is 0.296. The fourth-order valence-electron chi connectivity index (χ4n) is 3.89. The van der Waals surface area contributed by atoms with Crippen LogP contribution in [0.25, 0.3) is 0 Å². The fraction of sp³-hybridized carbons (Fsp3) is 0.438. The second-order valence-corrected chi connectivity index (χ2v) is 13.8. The van der Waals surface area contributed by atoms with Gasteiger partial charge in [0.05, 0.1) is 0 Å². The summed E-state index contributed by atoms with van der Waals surface area (Å²) in [5.74, 6) is 1.91. The van der Waals surface area contributed by atoms with Crippen LogP contribution in [0.2, 0.25) is 0 Å². The van der Waals surface area contributed by atoms with E-state index in [0.717, 1.165) is 16.7 Å². The Kier molecular flexibility index (Phi) is 8.54. The third kappa shape index (κ3) is 7.65. The molecule has 0 heterocycles. The molecule has 0 radical (unpaired) electrons. The molecule has 37 heavy (non-hydrogen) atoms. The molecule has 4 nitrogen and oxygen atoms in total. The lowest BCUT2D eigenvalue weighted by Crippen LogP contribution is -2.17. The highest BCUT2D eigenvalue weighted by Crippen LogP contribution is 2.52. The van der Waals surface area contributed by atoms with Crippen LogP contribution in [0.3, 0.4) is 0 Å². The highest BCUT2D eigenvalue weighted by molar-refractivity contribution is 7.49. The molecule has 0 amide bonds. The first-order valence-corrected chi connectivity index (χ1v) is 14.6. The number of phosphoric acid groups is 1. The van der Waals surface area contributed by atoms with Crippen molar-refractivity contribution in [3.8, 4) is 17.2 Å². The van der Waals surface area contributed by atoms with Crippen LogP contribution in [0.1, 0.15) is 103 Å². The van der Waals surface area contributed by atoms with Crippen molar-refractivity contribution in [3.63, 3.8) is 0 Å². The Labute approximate surface area is 224 Å². The molecule has 200 valence electrons. The van der Waals surface area contributed by atoms with Gasteiger partial charge < -0.3 is 13.6 Å². The number of hydrogen-bond donors (Lipinski definition) is 0. The van der Waals surface area contributed by atoms with Gasteiger partial charge in [0.2, 0.25) is 0 Å². The molecular formula is C32H43O4P. The zero-order chi connectivity index (χ0) is 27.6. The van der Waals surface area contributed by atoms with Gasteiger partial charge in [-0.1, -0.05) is 106 Å². The van der Waals surface area contributed by atoms with Crippen LogP contribution in [0.5, 0.6) is 17.2 Å². The van der Waals surface area contributed by atoms with Gasteiger partial charge in [0, 0.05) is 0 Å². The molecule has 1 unspecified atom stereocenters. The Morgan fingerprint density at radius 2 is 1.16 bits per heavy atom. The van der Waals surface area contributed by atoms with Gasteiger partial charge in [0.1, 0.15) is 17.2 Å². The van der Waals surface area contributed by atoms with Gasteiger partial charge in [-0.2, -0.15) is 4.57 Å². The van der Waals surface area contributed by atoms with Crippen LogP contribution in [0.15, 0.2) is 66.7 Å². The average Bonchev–Trinajstić information content (AvgIpc) is 2.78. The Bertz CT molecular complexity index is 1220. The summed E-state index contributed by atoms with van der Waals surface area (Å²) < 4.78 is 32.8. The second kappa shape index (κ2) is 11.0. The van der Waals surface area contributed by atoms with Gasteiger partial charge in [-0.05, 0) is 75.3 Å². The van der Waals surface area contributed by atoms with E-state index in [0.29, 0.717) is 23.2 Å². The molecular weight excluding hydrogens is 479 g/mol. The number of phosphoric ester groups is 1. The van der Waals surface area contributed by atoms with E-state index in [9.17, 15) is 4.57 Å². The van der Waals surface area contributed by atoms with Crippen molar-refractivity contribution in [2.45, 2.75) is 91.9 Å². The summed E-state index contributed by atoms with van der Waals surface area (Å²) in [5.41, 5.74) is 4.09. The van der Waals surface area contributed by atoms with Crippen LogP contribution in [0.4, 0.5) is 0 Å². The number of para-hydroxylation sites is 1. The quantitative estimate of drug-likeness (QED) is 0.276. The molecule has 0 aliphatic carbocycles. The molecule has 0 fully saturated rings. The molecule has 0 aliphatic heterocycles. The van der Waals surface area contributed by atoms with Crippen LogP contribution in [0, 0.1) is 0 Å². The largest absolute Gasteiger partial charge is 0.647 e. The molecule has 5 heteroatoms. The van der Waals surface area contributed by atoms with Crippen LogP contribution in [-0.2, 0) is 15.4 Å². The van der Waals surface area contributed by atoms with E-state index in [4.69, 9.17) is 13.6 Å². The zero-order valence-corrected chi connectivity index (χ0v) is 25.0. The minimum atomic E-state index is -4.13. The molecule has 1 atom stereocenters. The summed E-state index contributed by atoms with van der Waals surface area (Å²) in [7, 11) is -4.13. The minimum Gasteiger partial charge on any atom is -0.386 e. The van der Waals surface area contributed by atoms with Crippen molar-refractivity contribution in [2.75, 3.05) is 0 Å². The molecule has 0 spiro atoms. The predicted octanol–water partition coefficient (Wildman–Crippen LogP) is 10.2. The van der Waals surface area contributed by atoms with Crippen molar-refractivity contribution in [2.24, 2.45) is 0 Å². The summed E-state index contributed by atoms with van der Waals surface area (Å²) in [6, 6.07) is 21.1. The Balaban J connectivity index is 2.11. The monoisotopic (exact) mass is 522 g/mol. The molecule has 0 saturated carbocycles. The Morgan fingerprint density at radius 3 is 1.65 bits per heavy atom. The van der Waals surface area contributed by atoms with E-state index in [1.54, 1.807) is 12.1 Å². The van der Waals surface area contributed by atoms with Crippen LogP contribution >= 0.6 is 7.82 Å². The molecule has 3 aromatic carbocycles. The second-order valence-electron chi connectivity index (χ2n) is 12.4. The van der Waals surface area contributed by atoms with E-state index >= 15 is 0 Å². The molecule has 0 saturated heterocycles. The van der Waals surface area contributed by atoms with Crippen LogP contribution in [-0.4, -0.2) is 0 Å². The van der Waals surface area contributed by atoms with Crippen molar-refractivity contribution in [1.29, 1.82) is 0 Å². The SMILES string of the molecule is CC(C)c1ccc(OP(=O)(Oc2ccccc2)Oc2cc(C(C)(C)C)cc(C(C)(C)C)c2)c(C(C)C)c1. The number of benzene rings is 3. The summed E-state index contributed by atoms with van der Waals surface area (Å²) in [6.45, 7) is 21.4. The first kappa shape index (κ1) is 28.9. The van der Waals surface area contributed by atoms with E-state index in [-0.39, 0.29) is 16.7 Å². The third-order valence-corrected chi connectivity index (χ3v) is 7.64. The summed E-state index contributed by atoms with van der Waals surface area (Å²) in [4.78, 5) is 0. The topological polar surface area (TPSA) is 44.8 Å². The highest BCUT2D eigenvalue weighted by Gasteiger charge is 2.35. The van der Waals surface area contributed by atoms with E-state index in [1.807, 2.05) is 42.5 Å². The summed E-state index contributed by atoms with van der Waals surface area (Å²) in [5, 5.41) is 0. The van der Waals surface area contributed by atoms with Crippen molar-refractivity contribution < 1.29 is 18.1 Å². The number of rotatable bonds is 8. The van der Waals surface area contributed by atoms with Crippen molar-refractivity contribution >= 4 is 7.82 Å². The van der Waals surface area contributed by atoms with E-state index in [1.165, 1.54) is 5.56 Å². The molecule has 3 aromatic rings. The van der Waals surface area contributed by atoms with Gasteiger partial charge >= 0.3 is 7.82 Å². The van der Waals surface area contributed by atoms with E-state index < -0.39 is 7.82 Å². The van der Waals surface area contributed by atoms with Gasteiger partial charge in [-0.3, -0.25) is 0 Å². The maximum atomic E-state index is 14.4. The first-order valence-electron chi connectivity index (χ1n) is 13.1. The van der Waals surface area contributed by atoms with Gasteiger partial charge in [0.25, 0.3) is 0 Å². The van der Waals surface area contributed by atoms with Gasteiger partial charge in [-0.15, -0.1) is 0 Å². The first-order chi connectivity index (χ1) is 17.1. The zero-order valence-electron chi connectivity index (χ0n) is 24.1. The smallest absolute Gasteiger partial charge is 0.386 e. The third-order valence-electron chi connectivity index (χ3n) is 6.35. The number of hydrogen-bond acceptors (Lipinski definition) is 4. The summed E-state index contributed by atoms with van der Waals surface area (Å²) >= 11 is 0. The van der Waals surface area contributed by atoms with Gasteiger partial charge in [0.15, 0.2) is 0 Å². The maximum Gasteiger partial charge on any atom is 0.647 e. The summed E-state index contributed by atoms with van der Waals surface area (Å²) in [6.07, 6.45) is 0. The predicted molar refractivity (Wildman–Crippen MR) is 154 cm³/mol. The minimum absolute atomic E-state index is 0.123. The normalized spacial score (nSPS) is 13.9. The maximum absolute atomic E-state index is 14.4. The molecule has 0 N–H and O–H groups in total. The molecule has 0 bridgehead atoms. The Hall–Kier alpha value is -2.71. The van der Waals surface area contributed by atoms with Crippen LogP contribution < -0.4 is 13.6 Å². The fourth-order valence-corrected chi connectivity index (χ4v) is 5.16. The molecule has 0 aliphatic rings. The van der Waals surface area contributed by atoms with E-state index in [2.05, 4.69) is 81.4 Å². The molecule has 0 aromatic heterocycles. The highest BCUT2D eigenvalue weighted by atomic mass is 31.2. The van der Waals surface area contributed by atoms with Crippen molar-refractivity contribution in [1.82, 2.24) is 0 Å². The average molecular weight is 523 g/mol. The van der Waals surface area contributed by atoms with Gasteiger partial charge in [-0.25, -0.2) is 0 Å². The lowest BCUT2D eigenvalue weighted by atomic mass is 9.80. The standard InChI is InChI=1S/C32H43O4P/c1-22(2)24-16-17-30(29(18-24)23(3)4)36-37(33,34-27-14-12-11-13-15-27)35-28-20-25(31(5,6)7)19-26(21-28)32(8,9)10/h11-23H,1-10H3.